The van der Waals surface area contributed by atoms with Gasteiger partial charge in [0.25, 0.3) is 0 Å². The number of aromatic nitrogens is 1. The minimum absolute atomic E-state index is 0.0373. The highest BCUT2D eigenvalue weighted by molar-refractivity contribution is 6.04. The number of rotatable bonds is 3. The van der Waals surface area contributed by atoms with Crippen LogP contribution in [-0.2, 0) is 6.42 Å². The molecule has 0 saturated carbocycles. The molecule has 6 rings (SSSR count). The molecule has 168 valence electrons. The molecule has 5 heteroatoms. The predicted octanol–water partition coefficient (Wildman–Crippen LogP) is 5.87. The maximum absolute atomic E-state index is 13.4. The lowest BCUT2D eigenvalue weighted by molar-refractivity contribution is 0.0964. The van der Waals surface area contributed by atoms with Crippen molar-refractivity contribution in [2.24, 2.45) is 0 Å². The van der Waals surface area contributed by atoms with E-state index in [0.29, 0.717) is 47.2 Å². The summed E-state index contributed by atoms with van der Waals surface area (Å²) in [5, 5.41) is 0. The summed E-state index contributed by atoms with van der Waals surface area (Å²) in [7, 11) is 1.63. The molecule has 1 aliphatic heterocycles. The van der Waals surface area contributed by atoms with Crippen molar-refractivity contribution >= 4 is 11.5 Å². The summed E-state index contributed by atoms with van der Waals surface area (Å²) >= 11 is 0. The molecule has 5 nitrogen and oxygen atoms in total. The SMILES string of the molecule is COc1ccc2c(c1)Oc1nc3c(c(N)c1C2c1ccccc1)C(=O)CC(c1ccccc1)C3. The van der Waals surface area contributed by atoms with Gasteiger partial charge in [-0.2, -0.15) is 0 Å². The van der Waals surface area contributed by atoms with Crippen molar-refractivity contribution in [2.45, 2.75) is 24.7 Å². The molecule has 2 atom stereocenters. The first-order chi connectivity index (χ1) is 16.6. The summed E-state index contributed by atoms with van der Waals surface area (Å²) in [4.78, 5) is 18.3. The predicted molar refractivity (Wildman–Crippen MR) is 131 cm³/mol. The van der Waals surface area contributed by atoms with E-state index >= 15 is 0 Å². The van der Waals surface area contributed by atoms with E-state index < -0.39 is 0 Å². The molecule has 0 spiro atoms. The summed E-state index contributed by atoms with van der Waals surface area (Å²) in [5.41, 5.74) is 12.4. The number of ketones is 1. The van der Waals surface area contributed by atoms with Crippen molar-refractivity contribution in [2.75, 3.05) is 12.8 Å². The first kappa shape index (κ1) is 20.5. The molecule has 0 saturated heterocycles. The van der Waals surface area contributed by atoms with Crippen LogP contribution in [0.15, 0.2) is 78.9 Å². The Kier molecular flexibility index (Phi) is 4.84. The summed E-state index contributed by atoms with van der Waals surface area (Å²) < 4.78 is 11.7. The fraction of sp³-hybridized carbons (Fsp3) is 0.172. The number of ether oxygens (including phenoxy) is 2. The van der Waals surface area contributed by atoms with E-state index in [2.05, 4.69) is 24.3 Å². The van der Waals surface area contributed by atoms with E-state index in [-0.39, 0.29) is 17.6 Å². The first-order valence-electron chi connectivity index (χ1n) is 11.4. The number of benzene rings is 3. The number of hydrogen-bond acceptors (Lipinski definition) is 5. The molecule has 2 unspecified atom stereocenters. The molecule has 34 heavy (non-hydrogen) atoms. The van der Waals surface area contributed by atoms with Crippen LogP contribution in [0.4, 0.5) is 5.69 Å². The third kappa shape index (κ3) is 3.24. The number of hydrogen-bond donors (Lipinski definition) is 1. The summed E-state index contributed by atoms with van der Waals surface area (Å²) in [6.45, 7) is 0. The Morgan fingerprint density at radius 1 is 0.941 bits per heavy atom. The molecule has 2 N–H and O–H groups in total. The number of nitrogens with zero attached hydrogens (tertiary/aromatic N) is 1. The lowest BCUT2D eigenvalue weighted by atomic mass is 9.77. The average Bonchev–Trinajstić information content (AvgIpc) is 2.87. The molecular formula is C29H24N2O3. The molecule has 0 bridgehead atoms. The van der Waals surface area contributed by atoms with E-state index in [1.54, 1.807) is 7.11 Å². The highest BCUT2D eigenvalue weighted by Gasteiger charge is 2.38. The molecular weight excluding hydrogens is 424 g/mol. The normalized spacial score (nSPS) is 18.3. The monoisotopic (exact) mass is 448 g/mol. The number of carbonyl (C=O) groups is 1. The van der Waals surface area contributed by atoms with Crippen LogP contribution in [0.5, 0.6) is 17.4 Å². The van der Waals surface area contributed by atoms with Crippen molar-refractivity contribution in [3.63, 3.8) is 0 Å². The topological polar surface area (TPSA) is 74.4 Å². The lowest BCUT2D eigenvalue weighted by Crippen LogP contribution is -2.25. The Hall–Kier alpha value is -4.12. The number of carbonyl (C=O) groups excluding carboxylic acids is 1. The molecule has 0 amide bonds. The number of nitrogen functional groups attached to an aromatic ring is 1. The third-order valence-electron chi connectivity index (χ3n) is 6.90. The zero-order valence-electron chi connectivity index (χ0n) is 18.8. The molecule has 1 aromatic heterocycles. The van der Waals surface area contributed by atoms with E-state index in [9.17, 15) is 4.79 Å². The van der Waals surface area contributed by atoms with Crippen LogP contribution in [0.25, 0.3) is 0 Å². The van der Waals surface area contributed by atoms with Crippen LogP contribution < -0.4 is 15.2 Å². The Labute approximate surface area is 198 Å². The van der Waals surface area contributed by atoms with E-state index in [1.165, 1.54) is 0 Å². The molecule has 0 radical (unpaired) electrons. The summed E-state index contributed by atoms with van der Waals surface area (Å²) in [6, 6.07) is 26.0. The number of Topliss-reactive ketones (excluding diaryl/α,β-unsaturated/α-hetero) is 1. The van der Waals surface area contributed by atoms with Gasteiger partial charge in [-0.05, 0) is 29.5 Å². The first-order valence-corrected chi connectivity index (χ1v) is 11.4. The molecule has 2 heterocycles. The van der Waals surface area contributed by atoms with E-state index in [0.717, 1.165) is 22.3 Å². The second-order valence-electron chi connectivity index (χ2n) is 8.85. The van der Waals surface area contributed by atoms with Crippen LogP contribution in [0, 0.1) is 0 Å². The number of fused-ring (bicyclic) bond motifs is 3. The van der Waals surface area contributed by atoms with Crippen molar-refractivity contribution in [1.82, 2.24) is 4.98 Å². The van der Waals surface area contributed by atoms with Crippen LogP contribution in [-0.4, -0.2) is 17.9 Å². The summed E-state index contributed by atoms with van der Waals surface area (Å²) in [6.07, 6.45) is 1.07. The zero-order chi connectivity index (χ0) is 23.2. The van der Waals surface area contributed by atoms with Crippen molar-refractivity contribution in [1.29, 1.82) is 0 Å². The summed E-state index contributed by atoms with van der Waals surface area (Å²) in [5.74, 6) is 1.78. The van der Waals surface area contributed by atoms with Gasteiger partial charge in [-0.3, -0.25) is 4.79 Å². The van der Waals surface area contributed by atoms with Crippen molar-refractivity contribution < 1.29 is 14.3 Å². The quantitative estimate of drug-likeness (QED) is 0.374. The maximum Gasteiger partial charge on any atom is 0.225 e. The Morgan fingerprint density at radius 3 is 2.35 bits per heavy atom. The number of methoxy groups -OCH3 is 1. The Morgan fingerprint density at radius 2 is 1.65 bits per heavy atom. The molecule has 2 aliphatic rings. The van der Waals surface area contributed by atoms with Crippen molar-refractivity contribution in [3.05, 3.63) is 112 Å². The van der Waals surface area contributed by atoms with E-state index in [4.69, 9.17) is 20.2 Å². The second-order valence-corrected chi connectivity index (χ2v) is 8.85. The number of anilines is 1. The Bertz CT molecular complexity index is 1400. The zero-order valence-corrected chi connectivity index (χ0v) is 18.8. The van der Waals surface area contributed by atoms with Gasteiger partial charge in [0.2, 0.25) is 5.88 Å². The largest absolute Gasteiger partial charge is 0.497 e. The fourth-order valence-electron chi connectivity index (χ4n) is 5.27. The molecule has 4 aromatic rings. The maximum atomic E-state index is 13.4. The van der Waals surface area contributed by atoms with Crippen LogP contribution in [0.2, 0.25) is 0 Å². The third-order valence-corrected chi connectivity index (χ3v) is 6.90. The van der Waals surface area contributed by atoms with Crippen LogP contribution >= 0.6 is 0 Å². The van der Waals surface area contributed by atoms with Crippen molar-refractivity contribution in [3.8, 4) is 17.4 Å². The average molecular weight is 449 g/mol. The van der Waals surface area contributed by atoms with E-state index in [1.807, 2.05) is 54.6 Å². The molecule has 3 aromatic carbocycles. The highest BCUT2D eigenvalue weighted by Crippen LogP contribution is 2.51. The minimum Gasteiger partial charge on any atom is -0.497 e. The van der Waals surface area contributed by atoms with Gasteiger partial charge < -0.3 is 15.2 Å². The minimum atomic E-state index is -0.191. The lowest BCUT2D eigenvalue weighted by Gasteiger charge is -2.32. The molecule has 1 aliphatic carbocycles. The number of nitrogens with two attached hydrogens (primary N) is 1. The van der Waals surface area contributed by atoms with Gasteiger partial charge in [-0.1, -0.05) is 66.7 Å². The van der Waals surface area contributed by atoms with Crippen LogP contribution in [0.3, 0.4) is 0 Å². The number of pyridine rings is 1. The Balaban J connectivity index is 1.53. The fourth-order valence-corrected chi connectivity index (χ4v) is 5.27. The van der Waals surface area contributed by atoms with Gasteiger partial charge in [0.05, 0.1) is 29.6 Å². The molecule has 0 fully saturated rings. The van der Waals surface area contributed by atoms with Gasteiger partial charge in [-0.15, -0.1) is 0 Å². The van der Waals surface area contributed by atoms with Gasteiger partial charge in [0.15, 0.2) is 5.78 Å². The smallest absolute Gasteiger partial charge is 0.225 e. The van der Waals surface area contributed by atoms with Gasteiger partial charge in [0, 0.05) is 24.0 Å². The standard InChI is InChI=1S/C29H24N2O3/c1-33-20-12-13-21-24(16-20)34-29-27(25(21)18-10-6-3-7-11-18)28(30)26-22(31-29)14-19(15-23(26)32)17-8-4-2-5-9-17/h2-13,16,19,25H,14-15H2,1H3,(H2,30,31). The van der Waals surface area contributed by atoms with Gasteiger partial charge in [-0.25, -0.2) is 4.98 Å². The highest BCUT2D eigenvalue weighted by atomic mass is 16.5. The van der Waals surface area contributed by atoms with Crippen LogP contribution in [0.1, 0.15) is 56.6 Å². The van der Waals surface area contributed by atoms with Gasteiger partial charge >= 0.3 is 0 Å². The van der Waals surface area contributed by atoms with Gasteiger partial charge in [0.1, 0.15) is 11.5 Å². The second kappa shape index (κ2) is 8.03.